The van der Waals surface area contributed by atoms with Crippen LogP contribution in [0.1, 0.15) is 36.5 Å². The van der Waals surface area contributed by atoms with Crippen molar-refractivity contribution >= 4 is 11.8 Å². The van der Waals surface area contributed by atoms with E-state index in [1.807, 2.05) is 4.90 Å². The van der Waals surface area contributed by atoms with Crippen LogP contribution in [0.2, 0.25) is 0 Å². The largest absolute Gasteiger partial charge is 0.472 e. The lowest BCUT2D eigenvalue weighted by molar-refractivity contribution is -0.133. The number of nitrogens with zero attached hydrogens (tertiary/aromatic N) is 3. The van der Waals surface area contributed by atoms with Gasteiger partial charge in [-0.15, -0.1) is 0 Å². The van der Waals surface area contributed by atoms with Crippen LogP contribution in [0.4, 0.5) is 0 Å². The Bertz CT molecular complexity index is 576. The van der Waals surface area contributed by atoms with Crippen molar-refractivity contribution in [2.75, 3.05) is 52.4 Å². The number of carbonyl (C=O) groups is 2. The molecule has 2 fully saturated rings. The van der Waals surface area contributed by atoms with Crippen molar-refractivity contribution in [1.29, 1.82) is 0 Å². The SMILES string of the molecule is CCN1CCN(C(=O)CCN(CC2CCCO2)C(=O)c2ccoc2)CC1. The molecule has 0 radical (unpaired) electrons. The maximum atomic E-state index is 12.7. The van der Waals surface area contributed by atoms with Crippen LogP contribution < -0.4 is 0 Å². The molecule has 26 heavy (non-hydrogen) atoms. The van der Waals surface area contributed by atoms with Gasteiger partial charge in [0.15, 0.2) is 0 Å². The maximum Gasteiger partial charge on any atom is 0.257 e. The van der Waals surface area contributed by atoms with Gasteiger partial charge in [0.1, 0.15) is 6.26 Å². The van der Waals surface area contributed by atoms with Gasteiger partial charge in [0.25, 0.3) is 5.91 Å². The van der Waals surface area contributed by atoms with E-state index in [0.29, 0.717) is 25.1 Å². The monoisotopic (exact) mass is 363 g/mol. The summed E-state index contributed by atoms with van der Waals surface area (Å²) in [7, 11) is 0. The summed E-state index contributed by atoms with van der Waals surface area (Å²) in [6.07, 6.45) is 5.35. The summed E-state index contributed by atoms with van der Waals surface area (Å²) in [5.41, 5.74) is 0.520. The van der Waals surface area contributed by atoms with E-state index >= 15 is 0 Å². The predicted octanol–water partition coefficient (Wildman–Crippen LogP) is 1.45. The van der Waals surface area contributed by atoms with Crippen molar-refractivity contribution in [3.63, 3.8) is 0 Å². The number of carbonyl (C=O) groups excluding carboxylic acids is 2. The number of hydrogen-bond donors (Lipinski definition) is 0. The Morgan fingerprint density at radius 2 is 2.08 bits per heavy atom. The Kier molecular flexibility index (Phi) is 6.68. The average Bonchev–Trinajstić information content (AvgIpc) is 3.38. The molecule has 7 nitrogen and oxygen atoms in total. The van der Waals surface area contributed by atoms with E-state index in [1.54, 1.807) is 11.0 Å². The third-order valence-corrected chi connectivity index (χ3v) is 5.27. The number of piperazine rings is 1. The van der Waals surface area contributed by atoms with E-state index in [2.05, 4.69) is 11.8 Å². The Labute approximate surface area is 154 Å². The van der Waals surface area contributed by atoms with Crippen LogP contribution in [0.25, 0.3) is 0 Å². The zero-order chi connectivity index (χ0) is 18.4. The summed E-state index contributed by atoms with van der Waals surface area (Å²) >= 11 is 0. The third-order valence-electron chi connectivity index (χ3n) is 5.27. The molecule has 3 heterocycles. The molecule has 0 N–H and O–H groups in total. The molecule has 0 bridgehead atoms. The summed E-state index contributed by atoms with van der Waals surface area (Å²) in [4.78, 5) is 31.3. The minimum Gasteiger partial charge on any atom is -0.472 e. The van der Waals surface area contributed by atoms with Crippen LogP contribution in [0, 0.1) is 0 Å². The smallest absolute Gasteiger partial charge is 0.257 e. The molecule has 0 saturated carbocycles. The van der Waals surface area contributed by atoms with Crippen molar-refractivity contribution < 1.29 is 18.7 Å². The quantitative estimate of drug-likeness (QED) is 0.734. The fourth-order valence-corrected chi connectivity index (χ4v) is 3.58. The predicted molar refractivity (Wildman–Crippen MR) is 96.9 cm³/mol. The molecule has 0 aliphatic carbocycles. The van der Waals surface area contributed by atoms with E-state index in [1.165, 1.54) is 12.5 Å². The summed E-state index contributed by atoms with van der Waals surface area (Å²) in [5, 5.41) is 0. The highest BCUT2D eigenvalue weighted by atomic mass is 16.5. The molecular weight excluding hydrogens is 334 g/mol. The number of ether oxygens (including phenoxy) is 1. The normalized spacial score (nSPS) is 21.1. The van der Waals surface area contributed by atoms with Crippen LogP contribution in [-0.4, -0.2) is 85.0 Å². The molecule has 3 rings (SSSR count). The summed E-state index contributed by atoms with van der Waals surface area (Å²) in [5.74, 6) is 0.0240. The molecule has 1 atom stereocenters. The van der Waals surface area contributed by atoms with Crippen LogP contribution in [0.15, 0.2) is 23.0 Å². The van der Waals surface area contributed by atoms with Crippen molar-refractivity contribution in [3.05, 3.63) is 24.2 Å². The number of likely N-dealkylation sites (N-methyl/N-ethyl adjacent to an activating group) is 1. The summed E-state index contributed by atoms with van der Waals surface area (Å²) in [6.45, 7) is 8.25. The van der Waals surface area contributed by atoms with Crippen LogP contribution in [0.3, 0.4) is 0 Å². The van der Waals surface area contributed by atoms with E-state index in [-0.39, 0.29) is 17.9 Å². The molecule has 2 aliphatic heterocycles. The molecule has 0 spiro atoms. The highest BCUT2D eigenvalue weighted by molar-refractivity contribution is 5.94. The maximum absolute atomic E-state index is 12.7. The Hall–Kier alpha value is -1.86. The Morgan fingerprint density at radius 3 is 2.69 bits per heavy atom. The summed E-state index contributed by atoms with van der Waals surface area (Å²) in [6, 6.07) is 1.66. The minimum absolute atomic E-state index is 0.0639. The first kappa shape index (κ1) is 18.9. The number of furan rings is 1. The first-order valence-corrected chi connectivity index (χ1v) is 9.60. The number of amides is 2. The third kappa shape index (κ3) is 4.86. The highest BCUT2D eigenvalue weighted by Crippen LogP contribution is 2.16. The van der Waals surface area contributed by atoms with E-state index < -0.39 is 0 Å². The van der Waals surface area contributed by atoms with Gasteiger partial charge in [-0.25, -0.2) is 0 Å². The molecule has 2 aliphatic rings. The van der Waals surface area contributed by atoms with Crippen LogP contribution in [0.5, 0.6) is 0 Å². The Balaban J connectivity index is 1.54. The van der Waals surface area contributed by atoms with Crippen LogP contribution in [-0.2, 0) is 9.53 Å². The van der Waals surface area contributed by atoms with Crippen molar-refractivity contribution in [3.8, 4) is 0 Å². The molecule has 0 aromatic carbocycles. The van der Waals surface area contributed by atoms with E-state index in [9.17, 15) is 9.59 Å². The molecular formula is C19H29N3O4. The standard InChI is InChI=1S/C19H29N3O4/c1-2-20-8-10-21(11-9-20)18(23)5-7-22(14-17-4-3-12-26-17)19(24)16-6-13-25-15-16/h6,13,15,17H,2-5,7-12,14H2,1H3. The highest BCUT2D eigenvalue weighted by Gasteiger charge is 2.26. The lowest BCUT2D eigenvalue weighted by atomic mass is 10.2. The van der Waals surface area contributed by atoms with Gasteiger partial charge in [-0.1, -0.05) is 6.92 Å². The fourth-order valence-electron chi connectivity index (χ4n) is 3.58. The lowest BCUT2D eigenvalue weighted by Gasteiger charge is -2.34. The van der Waals surface area contributed by atoms with Crippen molar-refractivity contribution in [1.82, 2.24) is 14.7 Å². The molecule has 2 amide bonds. The molecule has 1 aromatic rings. The zero-order valence-electron chi connectivity index (χ0n) is 15.6. The van der Waals surface area contributed by atoms with Gasteiger partial charge in [-0.3, -0.25) is 9.59 Å². The van der Waals surface area contributed by atoms with Gasteiger partial charge in [-0.05, 0) is 25.5 Å². The zero-order valence-corrected chi connectivity index (χ0v) is 15.6. The topological polar surface area (TPSA) is 66.2 Å². The van der Waals surface area contributed by atoms with Gasteiger partial charge < -0.3 is 23.9 Å². The van der Waals surface area contributed by atoms with Crippen LogP contribution >= 0.6 is 0 Å². The second-order valence-corrected chi connectivity index (χ2v) is 6.96. The molecule has 1 unspecified atom stereocenters. The van der Waals surface area contributed by atoms with E-state index in [0.717, 1.165) is 52.2 Å². The molecule has 7 heteroatoms. The Morgan fingerprint density at radius 1 is 1.27 bits per heavy atom. The fraction of sp³-hybridized carbons (Fsp3) is 0.684. The van der Waals surface area contributed by atoms with Crippen molar-refractivity contribution in [2.24, 2.45) is 0 Å². The summed E-state index contributed by atoms with van der Waals surface area (Å²) < 4.78 is 10.7. The van der Waals surface area contributed by atoms with Gasteiger partial charge in [0.05, 0.1) is 17.9 Å². The average molecular weight is 363 g/mol. The lowest BCUT2D eigenvalue weighted by Crippen LogP contribution is -2.49. The molecule has 144 valence electrons. The molecule has 1 aromatic heterocycles. The van der Waals surface area contributed by atoms with Crippen molar-refractivity contribution in [2.45, 2.75) is 32.3 Å². The van der Waals surface area contributed by atoms with Gasteiger partial charge >= 0.3 is 0 Å². The molecule has 2 saturated heterocycles. The second-order valence-electron chi connectivity index (χ2n) is 6.96. The number of hydrogen-bond acceptors (Lipinski definition) is 5. The first-order chi connectivity index (χ1) is 12.7. The first-order valence-electron chi connectivity index (χ1n) is 9.60. The number of rotatable bonds is 7. The van der Waals surface area contributed by atoms with Gasteiger partial charge in [0.2, 0.25) is 5.91 Å². The minimum atomic E-state index is -0.0992. The van der Waals surface area contributed by atoms with Gasteiger partial charge in [-0.2, -0.15) is 0 Å². The second kappa shape index (κ2) is 9.19. The van der Waals surface area contributed by atoms with Gasteiger partial charge in [0, 0.05) is 52.3 Å². The van der Waals surface area contributed by atoms with E-state index in [4.69, 9.17) is 9.15 Å².